The number of thiophene rings is 1. The number of amides is 1. The monoisotopic (exact) mass is 625 g/mol. The Morgan fingerprint density at radius 3 is 2.55 bits per heavy atom. The first-order valence-electron chi connectivity index (χ1n) is 14.1. The molecule has 1 aliphatic carbocycles. The summed E-state index contributed by atoms with van der Waals surface area (Å²) < 4.78 is 10.5. The van der Waals surface area contributed by atoms with Crippen LogP contribution in [0.4, 0.5) is 16.4 Å². The fraction of sp³-hybridized carbons (Fsp3) is 0.406. The SMILES string of the molecule is CCC(Sc1cccc(NC(=S)Nc2ccccc2OC)c1)C(=O)Nc1sc2c(c1C(=O)OC)CCC(C(C)(C)C)C2. The molecule has 42 heavy (non-hydrogen) atoms. The van der Waals surface area contributed by atoms with Crippen LogP contribution in [0.3, 0.4) is 0 Å². The molecule has 0 bridgehead atoms. The molecule has 0 saturated heterocycles. The van der Waals surface area contributed by atoms with Gasteiger partial charge in [0.1, 0.15) is 10.8 Å². The second-order valence-corrected chi connectivity index (χ2v) is 14.1. The van der Waals surface area contributed by atoms with Gasteiger partial charge in [0.05, 0.1) is 30.7 Å². The molecule has 10 heteroatoms. The largest absolute Gasteiger partial charge is 0.495 e. The molecule has 0 radical (unpaired) electrons. The standard InChI is InChI=1S/C32H39N3O4S3/c1-7-25(41-21-12-10-11-20(18-21)33-31(40)34-23-13-8-9-14-24(23)38-5)28(36)35-29-27(30(37)39-6)22-16-15-19(32(2,3)4)17-26(22)42-29/h8-14,18-19,25H,7,15-17H2,1-6H3,(H,35,36)(H2,33,34,40). The highest BCUT2D eigenvalue weighted by Gasteiger charge is 2.35. The molecule has 4 rings (SSSR count). The Morgan fingerprint density at radius 1 is 1.10 bits per heavy atom. The zero-order valence-electron chi connectivity index (χ0n) is 25.0. The van der Waals surface area contributed by atoms with Crippen molar-refractivity contribution >= 4 is 68.7 Å². The smallest absolute Gasteiger partial charge is 0.341 e. The van der Waals surface area contributed by atoms with Crippen LogP contribution in [0.2, 0.25) is 0 Å². The highest BCUT2D eigenvalue weighted by molar-refractivity contribution is 8.00. The molecule has 2 atom stereocenters. The molecule has 7 nitrogen and oxygen atoms in total. The van der Waals surface area contributed by atoms with E-state index in [0.29, 0.717) is 33.8 Å². The van der Waals surface area contributed by atoms with Crippen molar-refractivity contribution in [1.82, 2.24) is 0 Å². The highest BCUT2D eigenvalue weighted by atomic mass is 32.2. The van der Waals surface area contributed by atoms with Crippen LogP contribution < -0.4 is 20.7 Å². The number of nitrogens with one attached hydrogen (secondary N) is 3. The van der Waals surface area contributed by atoms with E-state index in [4.69, 9.17) is 21.7 Å². The van der Waals surface area contributed by atoms with E-state index in [1.807, 2.05) is 55.5 Å². The number of carbonyl (C=O) groups excluding carboxylic acids is 2. The number of ether oxygens (including phenoxy) is 2. The van der Waals surface area contributed by atoms with Crippen LogP contribution in [-0.2, 0) is 22.4 Å². The average Bonchev–Trinajstić information content (AvgIpc) is 3.32. The van der Waals surface area contributed by atoms with E-state index in [0.717, 1.165) is 41.1 Å². The zero-order chi connectivity index (χ0) is 30.4. The normalized spacial score (nSPS) is 15.2. The predicted molar refractivity (Wildman–Crippen MR) is 178 cm³/mol. The Kier molecular flexibility index (Phi) is 10.6. The van der Waals surface area contributed by atoms with E-state index in [1.54, 1.807) is 7.11 Å². The molecule has 1 aromatic heterocycles. The van der Waals surface area contributed by atoms with Gasteiger partial charge in [0.15, 0.2) is 5.11 Å². The fourth-order valence-corrected chi connectivity index (χ4v) is 7.65. The zero-order valence-corrected chi connectivity index (χ0v) is 27.4. The van der Waals surface area contributed by atoms with E-state index in [2.05, 4.69) is 36.7 Å². The summed E-state index contributed by atoms with van der Waals surface area (Å²) in [5.41, 5.74) is 3.29. The maximum Gasteiger partial charge on any atom is 0.341 e. The summed E-state index contributed by atoms with van der Waals surface area (Å²) in [6.07, 6.45) is 3.35. The molecule has 0 aliphatic heterocycles. The Balaban J connectivity index is 1.46. The van der Waals surface area contributed by atoms with Gasteiger partial charge in [0, 0.05) is 15.5 Å². The summed E-state index contributed by atoms with van der Waals surface area (Å²) in [4.78, 5) is 28.5. The number of benzene rings is 2. The second-order valence-electron chi connectivity index (χ2n) is 11.3. The van der Waals surface area contributed by atoms with Gasteiger partial charge in [0.25, 0.3) is 0 Å². The average molecular weight is 626 g/mol. The lowest BCUT2D eigenvalue weighted by molar-refractivity contribution is -0.115. The van der Waals surface area contributed by atoms with E-state index < -0.39 is 5.97 Å². The molecule has 0 spiro atoms. The number of thiocarbonyl (C=S) groups is 1. The van der Waals surface area contributed by atoms with E-state index in [9.17, 15) is 9.59 Å². The predicted octanol–water partition coefficient (Wildman–Crippen LogP) is 8.01. The molecular weight excluding hydrogens is 587 g/mol. The van der Waals surface area contributed by atoms with Crippen molar-refractivity contribution in [2.75, 3.05) is 30.2 Å². The third kappa shape index (κ3) is 7.65. The second kappa shape index (κ2) is 13.9. The molecule has 1 heterocycles. The number of rotatable bonds is 9. The van der Waals surface area contributed by atoms with Crippen molar-refractivity contribution in [3.8, 4) is 5.75 Å². The Labute approximate surface area is 262 Å². The number of thioether (sulfide) groups is 1. The maximum absolute atomic E-state index is 13.5. The van der Waals surface area contributed by atoms with Crippen LogP contribution in [0.25, 0.3) is 0 Å². The summed E-state index contributed by atoms with van der Waals surface area (Å²) in [7, 11) is 3.01. The van der Waals surface area contributed by atoms with Gasteiger partial charge in [-0.25, -0.2) is 4.79 Å². The minimum absolute atomic E-state index is 0.134. The Morgan fingerprint density at radius 2 is 1.86 bits per heavy atom. The number of fused-ring (bicyclic) bond motifs is 1. The van der Waals surface area contributed by atoms with Crippen LogP contribution in [0.5, 0.6) is 5.75 Å². The fourth-order valence-electron chi connectivity index (χ4n) is 5.09. The van der Waals surface area contributed by atoms with Gasteiger partial charge < -0.3 is 25.4 Å². The van der Waals surface area contributed by atoms with Gasteiger partial charge in [-0.15, -0.1) is 23.1 Å². The van der Waals surface area contributed by atoms with Crippen molar-refractivity contribution < 1.29 is 19.1 Å². The summed E-state index contributed by atoms with van der Waals surface area (Å²) in [5.74, 6) is 0.689. The topological polar surface area (TPSA) is 88.7 Å². The molecule has 1 aliphatic rings. The van der Waals surface area contributed by atoms with Gasteiger partial charge in [-0.05, 0) is 85.1 Å². The molecule has 0 saturated carbocycles. The van der Waals surface area contributed by atoms with E-state index in [1.165, 1.54) is 35.1 Å². The molecule has 3 aromatic rings. The van der Waals surface area contributed by atoms with Gasteiger partial charge in [0.2, 0.25) is 5.91 Å². The number of para-hydroxylation sites is 2. The molecule has 0 fully saturated rings. The summed E-state index contributed by atoms with van der Waals surface area (Å²) in [6.45, 7) is 8.77. The molecule has 2 unspecified atom stereocenters. The number of methoxy groups -OCH3 is 2. The van der Waals surface area contributed by atoms with Crippen LogP contribution >= 0.6 is 35.3 Å². The van der Waals surface area contributed by atoms with Gasteiger partial charge in [-0.2, -0.15) is 0 Å². The van der Waals surface area contributed by atoms with E-state index >= 15 is 0 Å². The van der Waals surface area contributed by atoms with Crippen molar-refractivity contribution in [1.29, 1.82) is 0 Å². The minimum Gasteiger partial charge on any atom is -0.495 e. The van der Waals surface area contributed by atoms with E-state index in [-0.39, 0.29) is 16.6 Å². The van der Waals surface area contributed by atoms with Gasteiger partial charge in [-0.1, -0.05) is 45.9 Å². The summed E-state index contributed by atoms with van der Waals surface area (Å²) in [6, 6.07) is 15.3. The number of hydrogen-bond donors (Lipinski definition) is 3. The van der Waals surface area contributed by atoms with Crippen molar-refractivity contribution in [3.05, 3.63) is 64.5 Å². The van der Waals surface area contributed by atoms with Crippen LogP contribution in [0.15, 0.2) is 53.4 Å². The molecule has 1 amide bonds. The number of carbonyl (C=O) groups is 2. The lowest BCUT2D eigenvalue weighted by atomic mass is 9.72. The maximum atomic E-state index is 13.5. The van der Waals surface area contributed by atoms with Crippen molar-refractivity contribution in [2.45, 2.75) is 63.5 Å². The Bertz CT molecular complexity index is 1450. The van der Waals surface area contributed by atoms with Crippen LogP contribution in [-0.4, -0.2) is 36.5 Å². The third-order valence-electron chi connectivity index (χ3n) is 7.50. The number of esters is 1. The van der Waals surface area contributed by atoms with Gasteiger partial charge >= 0.3 is 5.97 Å². The minimum atomic E-state index is -0.394. The summed E-state index contributed by atoms with van der Waals surface area (Å²) >= 11 is 8.51. The lowest BCUT2D eigenvalue weighted by Crippen LogP contribution is -2.27. The Hall–Kier alpha value is -3.08. The summed E-state index contributed by atoms with van der Waals surface area (Å²) in [5, 5.41) is 10.1. The first kappa shape index (κ1) is 31.8. The quantitative estimate of drug-likeness (QED) is 0.125. The molecule has 3 N–H and O–H groups in total. The van der Waals surface area contributed by atoms with Crippen molar-refractivity contribution in [3.63, 3.8) is 0 Å². The van der Waals surface area contributed by atoms with Crippen LogP contribution in [0, 0.1) is 11.3 Å². The van der Waals surface area contributed by atoms with Gasteiger partial charge in [-0.3, -0.25) is 4.79 Å². The highest BCUT2D eigenvalue weighted by Crippen LogP contribution is 2.44. The third-order valence-corrected chi connectivity index (χ3v) is 10.2. The number of anilines is 3. The molecular formula is C32H39N3O4S3. The number of hydrogen-bond acceptors (Lipinski definition) is 7. The first-order chi connectivity index (χ1) is 20.0. The van der Waals surface area contributed by atoms with Crippen LogP contribution in [0.1, 0.15) is 61.3 Å². The first-order valence-corrected chi connectivity index (χ1v) is 16.2. The van der Waals surface area contributed by atoms with Crippen molar-refractivity contribution in [2.24, 2.45) is 11.3 Å². The molecule has 2 aromatic carbocycles. The molecule has 224 valence electrons. The lowest BCUT2D eigenvalue weighted by Gasteiger charge is -2.33.